The lowest BCUT2D eigenvalue weighted by molar-refractivity contribution is -0.142. The van der Waals surface area contributed by atoms with Crippen LogP contribution < -0.4 is 5.32 Å². The molecule has 0 aromatic heterocycles. The van der Waals surface area contributed by atoms with Gasteiger partial charge in [0, 0.05) is 11.1 Å². The second-order valence-corrected chi connectivity index (χ2v) is 5.57. The zero-order valence-electron chi connectivity index (χ0n) is 13.2. The zero-order valence-corrected chi connectivity index (χ0v) is 13.2. The van der Waals surface area contributed by atoms with Crippen LogP contribution in [-0.2, 0) is 14.3 Å². The van der Waals surface area contributed by atoms with Gasteiger partial charge in [-0.3, -0.25) is 0 Å². The largest absolute Gasteiger partial charge is 0.458 e. The van der Waals surface area contributed by atoms with E-state index in [1.807, 2.05) is 20.8 Å². The average Bonchev–Trinajstić information content (AvgIpc) is 2.32. The molecule has 1 N–H and O–H groups in total. The van der Waals surface area contributed by atoms with Crippen molar-refractivity contribution in [3.63, 3.8) is 0 Å². The number of hydrogen-bond donors (Lipinski definition) is 1. The molecule has 0 fully saturated rings. The Balaban J connectivity index is 4.25. The summed E-state index contributed by atoms with van der Waals surface area (Å²) >= 11 is 0. The highest BCUT2D eigenvalue weighted by molar-refractivity contribution is 5.86. The summed E-state index contributed by atoms with van der Waals surface area (Å²) in [5, 5.41) is 2.81. The van der Waals surface area contributed by atoms with Gasteiger partial charge in [0.25, 0.3) is 0 Å². The molecule has 5 heteroatoms. The molecule has 1 atom stereocenters. The molecular formula is C15H27NO4. The van der Waals surface area contributed by atoms with Gasteiger partial charge in [-0.05, 0) is 33.6 Å². The third-order valence-electron chi connectivity index (χ3n) is 2.79. The summed E-state index contributed by atoms with van der Waals surface area (Å²) in [6, 6.07) is 0. The van der Waals surface area contributed by atoms with E-state index < -0.39 is 18.2 Å². The predicted molar refractivity (Wildman–Crippen MR) is 78.5 cm³/mol. The summed E-state index contributed by atoms with van der Waals surface area (Å²) in [5.74, 6) is -0.473. The van der Waals surface area contributed by atoms with Crippen molar-refractivity contribution >= 4 is 12.1 Å². The predicted octanol–water partition coefficient (Wildman–Crippen LogP) is 3.19. The third-order valence-corrected chi connectivity index (χ3v) is 2.79. The van der Waals surface area contributed by atoms with Gasteiger partial charge in [0.05, 0.1) is 0 Å². The lowest BCUT2D eigenvalue weighted by Crippen LogP contribution is -2.45. The molecule has 0 aliphatic heterocycles. The number of alkyl carbamates (subject to hydrolysis) is 1. The van der Waals surface area contributed by atoms with E-state index in [2.05, 4.69) is 18.8 Å². The van der Waals surface area contributed by atoms with Crippen molar-refractivity contribution in [2.75, 3.05) is 6.61 Å². The van der Waals surface area contributed by atoms with E-state index in [0.717, 1.165) is 12.8 Å². The Morgan fingerprint density at radius 3 is 2.35 bits per heavy atom. The minimum atomic E-state index is -0.485. The Bertz CT molecular complexity index is 350. The molecule has 0 radical (unpaired) electrons. The molecule has 116 valence electrons. The minimum Gasteiger partial charge on any atom is -0.458 e. The molecule has 0 saturated heterocycles. The second kappa shape index (κ2) is 8.61. The van der Waals surface area contributed by atoms with Crippen LogP contribution in [0.25, 0.3) is 0 Å². The van der Waals surface area contributed by atoms with Crippen LogP contribution in [0.1, 0.15) is 53.9 Å². The van der Waals surface area contributed by atoms with Gasteiger partial charge in [-0.25, -0.2) is 9.59 Å². The Hall–Kier alpha value is -1.52. The lowest BCUT2D eigenvalue weighted by Gasteiger charge is -2.26. The third kappa shape index (κ3) is 7.81. The molecule has 0 spiro atoms. The van der Waals surface area contributed by atoms with E-state index in [0.29, 0.717) is 12.0 Å². The molecule has 0 aliphatic rings. The van der Waals surface area contributed by atoms with Crippen LogP contribution in [0.2, 0.25) is 0 Å². The van der Waals surface area contributed by atoms with Gasteiger partial charge in [0.1, 0.15) is 12.7 Å². The van der Waals surface area contributed by atoms with Gasteiger partial charge in [0.15, 0.2) is 0 Å². The number of ether oxygens (including phenoxy) is 2. The molecule has 1 amide bonds. The van der Waals surface area contributed by atoms with Crippen LogP contribution in [0.3, 0.4) is 0 Å². The Kier molecular flexibility index (Phi) is 7.96. The van der Waals surface area contributed by atoms with Gasteiger partial charge in [-0.1, -0.05) is 26.8 Å². The molecule has 0 aliphatic carbocycles. The van der Waals surface area contributed by atoms with Crippen LogP contribution in [0.15, 0.2) is 12.2 Å². The maximum absolute atomic E-state index is 11.8. The Morgan fingerprint density at radius 1 is 1.30 bits per heavy atom. The summed E-state index contributed by atoms with van der Waals surface area (Å²) in [6.45, 7) is 12.9. The summed E-state index contributed by atoms with van der Waals surface area (Å²) in [4.78, 5) is 23.1. The monoisotopic (exact) mass is 285 g/mol. The Labute approximate surface area is 121 Å². The van der Waals surface area contributed by atoms with Crippen LogP contribution in [-0.4, -0.2) is 30.3 Å². The minimum absolute atomic E-state index is 0.0455. The fourth-order valence-electron chi connectivity index (χ4n) is 1.67. The number of rotatable bonds is 8. The number of nitrogens with one attached hydrogen (secondary N) is 1. The van der Waals surface area contributed by atoms with Crippen molar-refractivity contribution in [1.29, 1.82) is 0 Å². The molecule has 5 nitrogen and oxygen atoms in total. The first kappa shape index (κ1) is 18.5. The normalized spacial score (nSPS) is 12.4. The first-order chi connectivity index (χ1) is 9.21. The van der Waals surface area contributed by atoms with Gasteiger partial charge in [-0.2, -0.15) is 0 Å². The molecule has 0 aromatic carbocycles. The van der Waals surface area contributed by atoms with Gasteiger partial charge >= 0.3 is 12.1 Å². The van der Waals surface area contributed by atoms with Crippen molar-refractivity contribution in [3.8, 4) is 0 Å². The second-order valence-electron chi connectivity index (χ2n) is 5.57. The molecule has 0 bridgehead atoms. The lowest BCUT2D eigenvalue weighted by atomic mass is 9.99. The van der Waals surface area contributed by atoms with Crippen LogP contribution in [0.5, 0.6) is 0 Å². The highest BCUT2D eigenvalue weighted by Crippen LogP contribution is 2.11. The number of esters is 1. The van der Waals surface area contributed by atoms with Crippen LogP contribution in [0, 0.1) is 0 Å². The summed E-state index contributed by atoms with van der Waals surface area (Å²) in [7, 11) is 0. The number of carbonyl (C=O) groups excluding carboxylic acids is 2. The number of carbonyl (C=O) groups is 2. The quantitative estimate of drug-likeness (QED) is 0.549. The van der Waals surface area contributed by atoms with Gasteiger partial charge in [-0.15, -0.1) is 0 Å². The fraction of sp³-hybridized carbons (Fsp3) is 0.733. The smallest absolute Gasteiger partial charge is 0.407 e. The summed E-state index contributed by atoms with van der Waals surface area (Å²) in [6.07, 6.45) is 1.48. The van der Waals surface area contributed by atoms with E-state index >= 15 is 0 Å². The van der Waals surface area contributed by atoms with Crippen LogP contribution >= 0.6 is 0 Å². The first-order valence-corrected chi connectivity index (χ1v) is 7.03. The van der Waals surface area contributed by atoms with Gasteiger partial charge in [0.2, 0.25) is 0 Å². The number of hydrogen-bond acceptors (Lipinski definition) is 4. The standard InChI is InChI=1S/C15H27NO4/c1-7-9-15(5,6)16-14(18)20-12(8-2)10-19-13(17)11(3)4/h12H,3,7-10H2,1-2,4-6H3,(H,16,18). The highest BCUT2D eigenvalue weighted by Gasteiger charge is 2.22. The van der Waals surface area contributed by atoms with Crippen molar-refractivity contribution in [3.05, 3.63) is 12.2 Å². The molecule has 0 rings (SSSR count). The molecule has 0 aromatic rings. The molecule has 1 unspecified atom stereocenters. The van der Waals surface area contributed by atoms with E-state index in [4.69, 9.17) is 9.47 Å². The van der Waals surface area contributed by atoms with Crippen molar-refractivity contribution in [1.82, 2.24) is 5.32 Å². The molecule has 0 heterocycles. The topological polar surface area (TPSA) is 64.6 Å². The van der Waals surface area contributed by atoms with E-state index in [1.54, 1.807) is 6.92 Å². The summed E-state index contributed by atoms with van der Waals surface area (Å²) in [5.41, 5.74) is 0.0202. The maximum atomic E-state index is 11.8. The SMILES string of the molecule is C=C(C)C(=O)OCC(CC)OC(=O)NC(C)(C)CCC. The fourth-order valence-corrected chi connectivity index (χ4v) is 1.67. The molecular weight excluding hydrogens is 258 g/mol. The average molecular weight is 285 g/mol. The van der Waals surface area contributed by atoms with Crippen molar-refractivity contribution < 1.29 is 19.1 Å². The van der Waals surface area contributed by atoms with E-state index in [1.165, 1.54) is 0 Å². The number of amides is 1. The van der Waals surface area contributed by atoms with Gasteiger partial charge < -0.3 is 14.8 Å². The van der Waals surface area contributed by atoms with Crippen molar-refractivity contribution in [2.45, 2.75) is 65.5 Å². The summed E-state index contributed by atoms with van der Waals surface area (Å²) < 4.78 is 10.2. The van der Waals surface area contributed by atoms with Crippen molar-refractivity contribution in [2.24, 2.45) is 0 Å². The Morgan fingerprint density at radius 2 is 1.90 bits per heavy atom. The van der Waals surface area contributed by atoms with E-state index in [-0.39, 0.29) is 12.1 Å². The molecule has 20 heavy (non-hydrogen) atoms. The first-order valence-electron chi connectivity index (χ1n) is 7.03. The van der Waals surface area contributed by atoms with Crippen LogP contribution in [0.4, 0.5) is 4.79 Å². The van der Waals surface area contributed by atoms with E-state index in [9.17, 15) is 9.59 Å². The highest BCUT2D eigenvalue weighted by atomic mass is 16.6. The maximum Gasteiger partial charge on any atom is 0.407 e. The zero-order chi connectivity index (χ0) is 15.8. The molecule has 0 saturated carbocycles.